The van der Waals surface area contributed by atoms with Gasteiger partial charge in [-0.1, -0.05) is 25.0 Å². The highest BCUT2D eigenvalue weighted by molar-refractivity contribution is 5.89. The van der Waals surface area contributed by atoms with Crippen LogP contribution in [0.15, 0.2) is 18.2 Å². The lowest BCUT2D eigenvalue weighted by molar-refractivity contribution is 0.0526. The van der Waals surface area contributed by atoms with Crippen LogP contribution in [0.2, 0.25) is 0 Å². The maximum Gasteiger partial charge on any atom is 0.338 e. The minimum atomic E-state index is -0.224. The highest BCUT2D eigenvalue weighted by atomic mass is 16.5. The van der Waals surface area contributed by atoms with Crippen LogP contribution in [-0.2, 0) is 11.2 Å². The maximum atomic E-state index is 11.5. The van der Waals surface area contributed by atoms with Crippen molar-refractivity contribution in [2.75, 3.05) is 6.61 Å². The summed E-state index contributed by atoms with van der Waals surface area (Å²) in [5, 5.41) is 0. The fraction of sp³-hybridized carbons (Fsp3) is 0.462. The van der Waals surface area contributed by atoms with Crippen molar-refractivity contribution in [2.24, 2.45) is 0 Å². The summed E-state index contributed by atoms with van der Waals surface area (Å²) >= 11 is 0. The van der Waals surface area contributed by atoms with Crippen molar-refractivity contribution >= 4 is 5.97 Å². The predicted octanol–water partition coefficient (Wildman–Crippen LogP) is 3.12. The zero-order valence-corrected chi connectivity index (χ0v) is 9.67. The lowest BCUT2D eigenvalue weighted by atomic mass is 10.0. The van der Waals surface area contributed by atoms with Gasteiger partial charge in [-0.2, -0.15) is 0 Å². The zero-order chi connectivity index (χ0) is 11.3. The van der Waals surface area contributed by atoms with Crippen LogP contribution in [-0.4, -0.2) is 12.6 Å². The van der Waals surface area contributed by atoms with Gasteiger partial charge in [0.15, 0.2) is 0 Å². The van der Waals surface area contributed by atoms with E-state index in [1.165, 1.54) is 5.56 Å². The molecule has 0 spiro atoms. The van der Waals surface area contributed by atoms with Crippen molar-refractivity contribution in [1.29, 1.82) is 0 Å². The molecule has 0 amide bonds. The van der Waals surface area contributed by atoms with Crippen LogP contribution in [0.1, 0.15) is 41.8 Å². The number of hydrogen-bond acceptors (Lipinski definition) is 2. The van der Waals surface area contributed by atoms with Gasteiger partial charge in [0, 0.05) is 0 Å². The van der Waals surface area contributed by atoms with Crippen LogP contribution in [0.3, 0.4) is 0 Å². The van der Waals surface area contributed by atoms with E-state index in [1.54, 1.807) is 0 Å². The molecule has 1 aromatic rings. The van der Waals surface area contributed by atoms with Gasteiger partial charge >= 0.3 is 5.97 Å². The molecule has 0 aromatic heterocycles. The molecule has 0 aliphatic carbocycles. The van der Waals surface area contributed by atoms with Crippen molar-refractivity contribution in [2.45, 2.75) is 33.6 Å². The standard InChI is InChI=1S/C13H18O2/c1-4-6-11-7-10(3)8-12(9-11)13(14)15-5-2/h7-9H,4-6H2,1-3H3. The van der Waals surface area contributed by atoms with E-state index in [9.17, 15) is 4.79 Å². The molecule has 1 rings (SSSR count). The maximum absolute atomic E-state index is 11.5. The molecule has 0 unspecified atom stereocenters. The third kappa shape index (κ3) is 3.39. The largest absolute Gasteiger partial charge is 0.462 e. The fourth-order valence-electron chi connectivity index (χ4n) is 1.63. The second kappa shape index (κ2) is 5.54. The Hall–Kier alpha value is -1.31. The van der Waals surface area contributed by atoms with Gasteiger partial charge in [-0.25, -0.2) is 4.79 Å². The summed E-state index contributed by atoms with van der Waals surface area (Å²) in [5.41, 5.74) is 2.99. The Morgan fingerprint density at radius 1 is 1.27 bits per heavy atom. The highest BCUT2D eigenvalue weighted by Gasteiger charge is 2.07. The van der Waals surface area contributed by atoms with Crippen LogP contribution in [0.5, 0.6) is 0 Å². The monoisotopic (exact) mass is 206 g/mol. The summed E-state index contributed by atoms with van der Waals surface area (Å²) in [4.78, 5) is 11.5. The molecule has 0 saturated heterocycles. The number of esters is 1. The quantitative estimate of drug-likeness (QED) is 0.707. The molecule has 0 aliphatic heterocycles. The molecular formula is C13H18O2. The van der Waals surface area contributed by atoms with E-state index in [0.717, 1.165) is 18.4 Å². The first kappa shape index (κ1) is 11.8. The van der Waals surface area contributed by atoms with Crippen molar-refractivity contribution in [3.8, 4) is 0 Å². The molecule has 2 heteroatoms. The normalized spacial score (nSPS) is 10.1. The number of carbonyl (C=O) groups is 1. The van der Waals surface area contributed by atoms with Crippen LogP contribution >= 0.6 is 0 Å². The summed E-state index contributed by atoms with van der Waals surface area (Å²) in [5.74, 6) is -0.224. The summed E-state index contributed by atoms with van der Waals surface area (Å²) in [6, 6.07) is 5.91. The van der Waals surface area contributed by atoms with Gasteiger partial charge in [-0.15, -0.1) is 0 Å². The lowest BCUT2D eigenvalue weighted by Crippen LogP contribution is -2.05. The zero-order valence-electron chi connectivity index (χ0n) is 9.67. The molecule has 0 N–H and O–H groups in total. The topological polar surface area (TPSA) is 26.3 Å². The van der Waals surface area contributed by atoms with Crippen LogP contribution in [0.25, 0.3) is 0 Å². The molecule has 82 valence electrons. The van der Waals surface area contributed by atoms with Crippen LogP contribution in [0, 0.1) is 6.92 Å². The molecule has 1 aromatic carbocycles. The van der Waals surface area contributed by atoms with Crippen molar-refractivity contribution < 1.29 is 9.53 Å². The molecule has 0 bridgehead atoms. The molecule has 2 nitrogen and oxygen atoms in total. The van der Waals surface area contributed by atoms with Gasteiger partial charge in [-0.3, -0.25) is 0 Å². The number of carbonyl (C=O) groups excluding carboxylic acids is 1. The molecule has 0 heterocycles. The average molecular weight is 206 g/mol. The van der Waals surface area contributed by atoms with Gasteiger partial charge in [0.2, 0.25) is 0 Å². The number of rotatable bonds is 4. The first-order chi connectivity index (χ1) is 7.17. The molecule has 0 radical (unpaired) electrons. The van der Waals surface area contributed by atoms with E-state index in [0.29, 0.717) is 12.2 Å². The molecular weight excluding hydrogens is 188 g/mol. The highest BCUT2D eigenvalue weighted by Crippen LogP contribution is 2.12. The summed E-state index contributed by atoms with van der Waals surface area (Å²) in [7, 11) is 0. The Morgan fingerprint density at radius 2 is 2.00 bits per heavy atom. The second-order valence-electron chi connectivity index (χ2n) is 3.68. The molecule has 0 atom stereocenters. The van der Waals surface area contributed by atoms with E-state index >= 15 is 0 Å². The second-order valence-corrected chi connectivity index (χ2v) is 3.68. The summed E-state index contributed by atoms with van der Waals surface area (Å²) < 4.78 is 4.98. The van der Waals surface area contributed by atoms with Crippen molar-refractivity contribution in [1.82, 2.24) is 0 Å². The van der Waals surface area contributed by atoms with E-state index in [-0.39, 0.29) is 5.97 Å². The van der Waals surface area contributed by atoms with Gasteiger partial charge in [-0.05, 0) is 38.0 Å². The van der Waals surface area contributed by atoms with E-state index in [1.807, 2.05) is 26.0 Å². The molecule has 0 fully saturated rings. The number of ether oxygens (including phenoxy) is 1. The molecule has 0 aliphatic rings. The SMILES string of the molecule is CCCc1cc(C)cc(C(=O)OCC)c1. The Kier molecular flexibility index (Phi) is 4.35. The number of hydrogen-bond donors (Lipinski definition) is 0. The van der Waals surface area contributed by atoms with Gasteiger partial charge in [0.25, 0.3) is 0 Å². The fourth-order valence-corrected chi connectivity index (χ4v) is 1.63. The lowest BCUT2D eigenvalue weighted by Gasteiger charge is -2.06. The first-order valence-electron chi connectivity index (χ1n) is 5.45. The first-order valence-corrected chi connectivity index (χ1v) is 5.45. The van der Waals surface area contributed by atoms with Crippen LogP contribution in [0.4, 0.5) is 0 Å². The third-order valence-electron chi connectivity index (χ3n) is 2.19. The Balaban J connectivity index is 2.92. The van der Waals surface area contributed by atoms with Gasteiger partial charge in [0.1, 0.15) is 0 Å². The summed E-state index contributed by atoms with van der Waals surface area (Å²) in [6.07, 6.45) is 2.10. The van der Waals surface area contributed by atoms with E-state index in [4.69, 9.17) is 4.74 Å². The number of aryl methyl sites for hydroxylation is 2. The minimum Gasteiger partial charge on any atom is -0.462 e. The third-order valence-corrected chi connectivity index (χ3v) is 2.19. The Bertz CT molecular complexity index is 342. The Morgan fingerprint density at radius 3 is 2.60 bits per heavy atom. The van der Waals surface area contributed by atoms with E-state index in [2.05, 4.69) is 13.0 Å². The minimum absolute atomic E-state index is 0.224. The van der Waals surface area contributed by atoms with Gasteiger partial charge in [0.05, 0.1) is 12.2 Å². The predicted molar refractivity (Wildman–Crippen MR) is 61.1 cm³/mol. The number of benzene rings is 1. The molecule has 15 heavy (non-hydrogen) atoms. The van der Waals surface area contributed by atoms with E-state index < -0.39 is 0 Å². The molecule has 0 saturated carbocycles. The average Bonchev–Trinajstić information content (AvgIpc) is 2.17. The smallest absolute Gasteiger partial charge is 0.338 e. The van der Waals surface area contributed by atoms with Crippen molar-refractivity contribution in [3.63, 3.8) is 0 Å². The summed E-state index contributed by atoms with van der Waals surface area (Å²) in [6.45, 7) is 6.38. The van der Waals surface area contributed by atoms with Crippen molar-refractivity contribution in [3.05, 3.63) is 34.9 Å². The van der Waals surface area contributed by atoms with Gasteiger partial charge < -0.3 is 4.74 Å². The Labute approximate surface area is 91.3 Å². The van der Waals surface area contributed by atoms with Crippen LogP contribution < -0.4 is 0 Å².